The number of thiophene rings is 1. The second-order valence-electron chi connectivity index (χ2n) is 4.69. The molecule has 2 saturated carbocycles. The Morgan fingerprint density at radius 2 is 2.33 bits per heavy atom. The van der Waals surface area contributed by atoms with Crippen molar-refractivity contribution in [1.82, 2.24) is 0 Å². The second-order valence-corrected chi connectivity index (χ2v) is 7.13. The zero-order valence-corrected chi connectivity index (χ0v) is 10.3. The zero-order valence-electron chi connectivity index (χ0n) is 7.93. The van der Waals surface area contributed by atoms with Crippen LogP contribution in [0, 0.1) is 29.1 Å². The quantitative estimate of drug-likeness (QED) is 0.791. The number of anilines is 1. The van der Waals surface area contributed by atoms with Crippen molar-refractivity contribution in [2.45, 2.75) is 18.5 Å². The first-order valence-electron chi connectivity index (χ1n) is 5.24. The molecule has 1 aromatic heterocycles. The van der Waals surface area contributed by atoms with Crippen molar-refractivity contribution in [3.05, 3.63) is 15.9 Å². The Bertz CT molecular complexity index is 477. The van der Waals surface area contributed by atoms with Gasteiger partial charge in [-0.15, -0.1) is 11.3 Å². The number of halogens is 1. The Labute approximate surface area is 101 Å². The van der Waals surface area contributed by atoms with E-state index in [4.69, 9.17) is 0 Å². The maximum Gasteiger partial charge on any atom is 0.121 e. The van der Waals surface area contributed by atoms with Crippen LogP contribution in [-0.2, 0) is 0 Å². The Morgan fingerprint density at radius 3 is 3.00 bits per heavy atom. The van der Waals surface area contributed by atoms with Crippen molar-refractivity contribution in [1.29, 1.82) is 5.26 Å². The zero-order chi connectivity index (χ0) is 10.2. The fourth-order valence-corrected chi connectivity index (χ4v) is 4.98. The summed E-state index contributed by atoms with van der Waals surface area (Å²) < 4.78 is 1.16. The molecular formula is C11H9BrN2S. The average Bonchev–Trinajstić information content (AvgIpc) is 2.56. The van der Waals surface area contributed by atoms with Crippen LogP contribution in [0.3, 0.4) is 0 Å². The van der Waals surface area contributed by atoms with Gasteiger partial charge in [-0.25, -0.2) is 0 Å². The largest absolute Gasteiger partial charge is 0.344 e. The fraction of sp³-hybridized carbons (Fsp3) is 0.545. The molecule has 0 radical (unpaired) electrons. The SMILES string of the molecule is N#C[C@@H]1[C@@H]2C[C@@H]3C2C3N1c1ccc(Br)s1. The van der Waals surface area contributed by atoms with Crippen LogP contribution < -0.4 is 4.90 Å². The molecule has 1 aliphatic heterocycles. The third-order valence-electron chi connectivity index (χ3n) is 4.20. The van der Waals surface area contributed by atoms with Gasteiger partial charge in [-0.2, -0.15) is 5.26 Å². The number of rotatable bonds is 1. The van der Waals surface area contributed by atoms with E-state index in [1.54, 1.807) is 11.3 Å². The van der Waals surface area contributed by atoms with Crippen molar-refractivity contribution >= 4 is 32.3 Å². The van der Waals surface area contributed by atoms with E-state index in [-0.39, 0.29) is 6.04 Å². The summed E-state index contributed by atoms with van der Waals surface area (Å²) in [7, 11) is 0. The summed E-state index contributed by atoms with van der Waals surface area (Å²) >= 11 is 5.24. The summed E-state index contributed by atoms with van der Waals surface area (Å²) in [6, 6.07) is 7.55. The van der Waals surface area contributed by atoms with E-state index >= 15 is 0 Å². The van der Waals surface area contributed by atoms with Crippen molar-refractivity contribution < 1.29 is 0 Å². The van der Waals surface area contributed by atoms with Crippen LogP contribution in [-0.4, -0.2) is 12.1 Å². The highest BCUT2D eigenvalue weighted by molar-refractivity contribution is 9.11. The monoisotopic (exact) mass is 280 g/mol. The molecular weight excluding hydrogens is 272 g/mol. The Hall–Kier alpha value is -0.530. The lowest BCUT2D eigenvalue weighted by Crippen LogP contribution is -2.42. The maximum absolute atomic E-state index is 9.24. The topological polar surface area (TPSA) is 27.0 Å². The molecule has 0 N–H and O–H groups in total. The highest BCUT2D eigenvalue weighted by atomic mass is 79.9. The third-order valence-corrected chi connectivity index (χ3v) is 5.83. The molecule has 5 atom stereocenters. The minimum Gasteiger partial charge on any atom is -0.344 e. The van der Waals surface area contributed by atoms with Gasteiger partial charge in [-0.1, -0.05) is 0 Å². The molecule has 2 unspecified atom stereocenters. The molecule has 1 saturated heterocycles. The van der Waals surface area contributed by atoms with Gasteiger partial charge in [0.05, 0.1) is 14.9 Å². The minimum absolute atomic E-state index is 0.149. The fourth-order valence-electron chi connectivity index (χ4n) is 3.53. The first-order chi connectivity index (χ1) is 7.31. The summed E-state index contributed by atoms with van der Waals surface area (Å²) in [6.45, 7) is 0. The molecule has 3 fully saturated rings. The van der Waals surface area contributed by atoms with Gasteiger partial charge in [0.2, 0.25) is 0 Å². The Kier molecular flexibility index (Phi) is 1.48. The van der Waals surface area contributed by atoms with Gasteiger partial charge in [0.15, 0.2) is 0 Å². The van der Waals surface area contributed by atoms with Gasteiger partial charge in [0.25, 0.3) is 0 Å². The minimum atomic E-state index is 0.149. The van der Waals surface area contributed by atoms with Gasteiger partial charge < -0.3 is 4.90 Å². The molecule has 76 valence electrons. The van der Waals surface area contributed by atoms with E-state index in [0.717, 1.165) is 15.6 Å². The lowest BCUT2D eigenvalue weighted by atomic mass is 9.80. The van der Waals surface area contributed by atoms with E-state index in [1.807, 2.05) is 0 Å². The highest BCUT2D eigenvalue weighted by Gasteiger charge is 2.74. The van der Waals surface area contributed by atoms with Crippen molar-refractivity contribution in [3.8, 4) is 6.07 Å². The smallest absolute Gasteiger partial charge is 0.121 e. The molecule has 0 aromatic carbocycles. The number of nitriles is 1. The van der Waals surface area contributed by atoms with E-state index in [2.05, 4.69) is 39.0 Å². The van der Waals surface area contributed by atoms with Crippen LogP contribution in [0.25, 0.3) is 0 Å². The normalized spacial score (nSPS) is 44.5. The van der Waals surface area contributed by atoms with E-state index < -0.39 is 0 Å². The predicted molar refractivity (Wildman–Crippen MR) is 62.8 cm³/mol. The van der Waals surface area contributed by atoms with Crippen LogP contribution >= 0.6 is 27.3 Å². The van der Waals surface area contributed by atoms with Crippen molar-refractivity contribution in [2.24, 2.45) is 17.8 Å². The molecule has 15 heavy (non-hydrogen) atoms. The standard InChI is InChI=1S/C11H9BrN2S/c12-8-1-2-9(15-8)14-7(4-13)5-3-6-10(5)11(6)14/h1-2,5-7,10-11H,3H2/t5-,6+,7+,10?,11?/m0/s1. The van der Waals surface area contributed by atoms with E-state index in [9.17, 15) is 5.26 Å². The molecule has 4 heteroatoms. The molecule has 0 spiro atoms. The highest BCUT2D eigenvalue weighted by Crippen LogP contribution is 2.70. The average molecular weight is 281 g/mol. The summed E-state index contributed by atoms with van der Waals surface area (Å²) in [4.78, 5) is 2.37. The second kappa shape index (κ2) is 2.58. The summed E-state index contributed by atoms with van der Waals surface area (Å²) in [5, 5.41) is 10.5. The number of fused-ring (bicyclic) bond motifs is 1. The van der Waals surface area contributed by atoms with Gasteiger partial charge in [-0.3, -0.25) is 0 Å². The van der Waals surface area contributed by atoms with Crippen LogP contribution in [0.15, 0.2) is 15.9 Å². The maximum atomic E-state index is 9.24. The van der Waals surface area contributed by atoms with Gasteiger partial charge >= 0.3 is 0 Å². The molecule has 4 rings (SSSR count). The lowest BCUT2D eigenvalue weighted by Gasteiger charge is -2.35. The lowest BCUT2D eigenvalue weighted by molar-refractivity contribution is 0.266. The molecule has 0 bridgehead atoms. The molecule has 2 aliphatic carbocycles. The number of hydrogen-bond acceptors (Lipinski definition) is 3. The number of hydrogen-bond donors (Lipinski definition) is 0. The van der Waals surface area contributed by atoms with E-state index in [1.165, 1.54) is 11.4 Å². The summed E-state index contributed by atoms with van der Waals surface area (Å²) in [5.74, 6) is 2.45. The van der Waals surface area contributed by atoms with Gasteiger partial charge in [0.1, 0.15) is 6.04 Å². The Balaban J connectivity index is 1.75. The number of piperidine rings is 2. The molecule has 2 heterocycles. The first-order valence-corrected chi connectivity index (χ1v) is 6.85. The first kappa shape index (κ1) is 8.60. The van der Waals surface area contributed by atoms with Crippen LogP contribution in [0.2, 0.25) is 0 Å². The molecule has 1 aromatic rings. The molecule has 3 aliphatic rings. The van der Waals surface area contributed by atoms with Gasteiger partial charge in [-0.05, 0) is 52.2 Å². The number of nitrogens with zero attached hydrogens (tertiary/aromatic N) is 2. The summed E-state index contributed by atoms with van der Waals surface area (Å²) in [5.41, 5.74) is 0. The van der Waals surface area contributed by atoms with Crippen LogP contribution in [0.4, 0.5) is 5.00 Å². The van der Waals surface area contributed by atoms with Crippen molar-refractivity contribution in [3.63, 3.8) is 0 Å². The van der Waals surface area contributed by atoms with Crippen LogP contribution in [0.5, 0.6) is 0 Å². The van der Waals surface area contributed by atoms with E-state index in [0.29, 0.717) is 12.0 Å². The third kappa shape index (κ3) is 0.896. The molecule has 2 nitrogen and oxygen atoms in total. The Morgan fingerprint density at radius 1 is 1.47 bits per heavy atom. The summed E-state index contributed by atoms with van der Waals surface area (Å²) in [6.07, 6.45) is 1.30. The van der Waals surface area contributed by atoms with Crippen LogP contribution in [0.1, 0.15) is 6.42 Å². The van der Waals surface area contributed by atoms with Crippen molar-refractivity contribution in [2.75, 3.05) is 4.90 Å². The predicted octanol–water partition coefficient (Wildman–Crippen LogP) is 2.86. The molecule has 0 amide bonds. The van der Waals surface area contributed by atoms with Gasteiger partial charge in [0, 0.05) is 6.04 Å².